The first-order chi connectivity index (χ1) is 11.5. The van der Waals surface area contributed by atoms with Crippen molar-refractivity contribution in [3.8, 4) is 11.5 Å². The molecular weight excluding hydrogens is 414 g/mol. The Kier molecular flexibility index (Phi) is 7.04. The van der Waals surface area contributed by atoms with Gasteiger partial charge in [-0.25, -0.2) is 4.98 Å². The second kappa shape index (κ2) is 8.64. The number of hydrogen-bond acceptors (Lipinski definition) is 5. The SMILES string of the molecule is COc1ccc2nc([S@@](=O)Cc3ncc(C)c(OC)c3C)[nH]c2c1.[H-].[H-].[Sr+2]. The van der Waals surface area contributed by atoms with Crippen LogP contribution in [0.15, 0.2) is 29.6 Å². The summed E-state index contributed by atoms with van der Waals surface area (Å²) in [6.45, 7) is 3.86. The standard InChI is InChI=1S/C17H19N3O3S.Sr.2H/c1-10-8-18-15(11(2)16(10)23-4)9-24(21)17-19-13-6-5-12(22-3)7-14(13)20-17;;;/h5-8H,9H2,1-4H3,(H,19,20);;;/q;+2;2*-1/t24-;;;/m0.../s1. The van der Waals surface area contributed by atoms with Crippen LogP contribution in [0.2, 0.25) is 0 Å². The molecule has 130 valence electrons. The van der Waals surface area contributed by atoms with E-state index in [2.05, 4.69) is 15.0 Å². The van der Waals surface area contributed by atoms with E-state index < -0.39 is 10.8 Å². The molecule has 0 aliphatic rings. The van der Waals surface area contributed by atoms with Crippen molar-refractivity contribution in [2.75, 3.05) is 14.2 Å². The summed E-state index contributed by atoms with van der Waals surface area (Å²) in [5.74, 6) is 1.79. The largest absolute Gasteiger partial charge is 2.00 e. The quantitative estimate of drug-likeness (QED) is 0.624. The van der Waals surface area contributed by atoms with E-state index in [0.717, 1.165) is 39.4 Å². The summed E-state index contributed by atoms with van der Waals surface area (Å²) in [5.41, 5.74) is 4.16. The van der Waals surface area contributed by atoms with Crippen LogP contribution in [0.5, 0.6) is 11.5 Å². The van der Waals surface area contributed by atoms with E-state index in [-0.39, 0.29) is 54.1 Å². The van der Waals surface area contributed by atoms with Gasteiger partial charge in [0.2, 0.25) is 0 Å². The molecular formula is C17H21N3O3SSr. The fourth-order valence-corrected chi connectivity index (χ4v) is 3.71. The number of pyridine rings is 1. The number of imidazole rings is 1. The third-order valence-corrected chi connectivity index (χ3v) is 5.06. The van der Waals surface area contributed by atoms with Crippen molar-refractivity contribution in [1.82, 2.24) is 15.0 Å². The number of rotatable bonds is 5. The molecule has 0 aliphatic heterocycles. The molecule has 1 aromatic carbocycles. The van der Waals surface area contributed by atoms with Gasteiger partial charge in [-0.2, -0.15) is 0 Å². The number of aromatic amines is 1. The first-order valence-electron chi connectivity index (χ1n) is 7.44. The Bertz CT molecular complexity index is 937. The number of nitrogens with one attached hydrogen (secondary N) is 1. The van der Waals surface area contributed by atoms with Gasteiger partial charge in [0.15, 0.2) is 5.16 Å². The van der Waals surface area contributed by atoms with Crippen molar-refractivity contribution >= 4 is 67.3 Å². The van der Waals surface area contributed by atoms with Gasteiger partial charge < -0.3 is 17.3 Å². The summed E-state index contributed by atoms with van der Waals surface area (Å²) in [5, 5.41) is 0.430. The number of methoxy groups -OCH3 is 2. The summed E-state index contributed by atoms with van der Waals surface area (Å²) in [6.07, 6.45) is 1.74. The van der Waals surface area contributed by atoms with E-state index in [4.69, 9.17) is 9.47 Å². The zero-order chi connectivity index (χ0) is 17.3. The van der Waals surface area contributed by atoms with Crippen LogP contribution in [0.1, 0.15) is 19.7 Å². The molecule has 1 N–H and O–H groups in total. The minimum absolute atomic E-state index is 0. The summed E-state index contributed by atoms with van der Waals surface area (Å²) < 4.78 is 23.3. The van der Waals surface area contributed by atoms with Gasteiger partial charge in [-0.05, 0) is 26.0 Å². The summed E-state index contributed by atoms with van der Waals surface area (Å²) in [4.78, 5) is 11.9. The van der Waals surface area contributed by atoms with E-state index in [9.17, 15) is 4.21 Å². The van der Waals surface area contributed by atoms with Crippen LogP contribution < -0.4 is 9.47 Å². The summed E-state index contributed by atoms with van der Waals surface area (Å²) >= 11 is 0. The maximum atomic E-state index is 12.7. The molecule has 2 heterocycles. The normalized spacial score (nSPS) is 11.8. The Morgan fingerprint density at radius 1 is 1.24 bits per heavy atom. The van der Waals surface area contributed by atoms with Crippen molar-refractivity contribution in [3.05, 3.63) is 41.2 Å². The Morgan fingerprint density at radius 2 is 2.00 bits per heavy atom. The number of aryl methyl sites for hydroxylation is 1. The number of hydrogen-bond donors (Lipinski definition) is 1. The Balaban J connectivity index is 0.00000225. The van der Waals surface area contributed by atoms with Gasteiger partial charge in [-0.1, -0.05) is 0 Å². The molecule has 0 unspecified atom stereocenters. The predicted molar refractivity (Wildman–Crippen MR) is 101 cm³/mol. The number of fused-ring (bicyclic) bond motifs is 1. The maximum absolute atomic E-state index is 12.7. The third kappa shape index (κ3) is 4.25. The van der Waals surface area contributed by atoms with Gasteiger partial charge in [0.25, 0.3) is 0 Å². The Morgan fingerprint density at radius 3 is 2.68 bits per heavy atom. The minimum atomic E-state index is -1.33. The molecule has 0 saturated carbocycles. The first kappa shape index (κ1) is 20.4. The fraction of sp³-hybridized carbons (Fsp3) is 0.294. The molecule has 0 amide bonds. The van der Waals surface area contributed by atoms with Gasteiger partial charge in [0, 0.05) is 23.4 Å². The van der Waals surface area contributed by atoms with Gasteiger partial charge in [-0.3, -0.25) is 9.19 Å². The molecule has 0 bridgehead atoms. The zero-order valence-corrected chi connectivity index (χ0v) is 19.0. The molecule has 2 aromatic heterocycles. The van der Waals surface area contributed by atoms with Crippen LogP contribution >= 0.6 is 0 Å². The molecule has 3 aromatic rings. The molecule has 8 heteroatoms. The molecule has 1 atom stereocenters. The molecule has 3 rings (SSSR count). The number of aromatic nitrogens is 3. The predicted octanol–water partition coefficient (Wildman–Crippen LogP) is 2.74. The second-order valence-electron chi connectivity index (χ2n) is 5.46. The van der Waals surface area contributed by atoms with Gasteiger partial charge in [-0.15, -0.1) is 0 Å². The topological polar surface area (TPSA) is 77.1 Å². The number of benzene rings is 1. The van der Waals surface area contributed by atoms with Crippen molar-refractivity contribution in [2.24, 2.45) is 0 Å². The van der Waals surface area contributed by atoms with Crippen molar-refractivity contribution in [2.45, 2.75) is 24.8 Å². The second-order valence-corrected chi connectivity index (χ2v) is 6.83. The monoisotopic (exact) mass is 435 g/mol. The average molecular weight is 435 g/mol. The molecule has 6 nitrogen and oxygen atoms in total. The first-order valence-corrected chi connectivity index (χ1v) is 8.76. The number of nitrogens with zero attached hydrogens (tertiary/aromatic N) is 2. The Labute approximate surface area is 189 Å². The van der Waals surface area contributed by atoms with Crippen molar-refractivity contribution in [1.29, 1.82) is 0 Å². The zero-order valence-electron chi connectivity index (χ0n) is 16.8. The smallest absolute Gasteiger partial charge is 1.00 e. The maximum Gasteiger partial charge on any atom is 2.00 e. The average Bonchev–Trinajstić information content (AvgIpc) is 3.01. The van der Waals surface area contributed by atoms with Crippen molar-refractivity contribution in [3.63, 3.8) is 0 Å². The van der Waals surface area contributed by atoms with E-state index >= 15 is 0 Å². The Hall–Kier alpha value is -0.929. The van der Waals surface area contributed by atoms with Crippen LogP contribution in [0.3, 0.4) is 0 Å². The summed E-state index contributed by atoms with van der Waals surface area (Å²) in [6, 6.07) is 5.50. The fourth-order valence-electron chi connectivity index (χ4n) is 2.61. The molecule has 0 fully saturated rings. The van der Waals surface area contributed by atoms with Crippen LogP contribution in [0, 0.1) is 13.8 Å². The van der Waals surface area contributed by atoms with E-state index in [1.54, 1.807) is 20.4 Å². The molecule has 0 aliphatic carbocycles. The molecule has 0 saturated heterocycles. The van der Waals surface area contributed by atoms with Gasteiger partial charge >= 0.3 is 45.5 Å². The third-order valence-electron chi connectivity index (χ3n) is 3.90. The molecule has 0 spiro atoms. The van der Waals surface area contributed by atoms with E-state index in [0.29, 0.717) is 5.16 Å². The minimum Gasteiger partial charge on any atom is -1.00 e. The summed E-state index contributed by atoms with van der Waals surface area (Å²) in [7, 11) is 1.91. The number of ether oxygens (including phenoxy) is 2. The van der Waals surface area contributed by atoms with Crippen LogP contribution in [0.4, 0.5) is 0 Å². The van der Waals surface area contributed by atoms with Gasteiger partial charge in [0.05, 0.1) is 47.5 Å². The van der Waals surface area contributed by atoms with Crippen LogP contribution in [-0.4, -0.2) is 78.9 Å². The van der Waals surface area contributed by atoms with Crippen LogP contribution in [0.25, 0.3) is 11.0 Å². The van der Waals surface area contributed by atoms with Crippen molar-refractivity contribution < 1.29 is 16.5 Å². The van der Waals surface area contributed by atoms with Gasteiger partial charge in [0.1, 0.15) is 11.5 Å². The molecule has 0 radical (unpaired) electrons. The number of H-pyrrole nitrogens is 1. The van der Waals surface area contributed by atoms with E-state index in [1.807, 2.05) is 32.0 Å². The molecule has 25 heavy (non-hydrogen) atoms. The van der Waals surface area contributed by atoms with Crippen LogP contribution in [-0.2, 0) is 16.6 Å². The van der Waals surface area contributed by atoms with E-state index in [1.165, 1.54) is 0 Å².